The van der Waals surface area contributed by atoms with Crippen LogP contribution in [0.15, 0.2) is 66.1 Å². The minimum Gasteiger partial charge on any atom is -0.399 e. The van der Waals surface area contributed by atoms with Gasteiger partial charge in [-0.2, -0.15) is 5.10 Å². The third-order valence-corrected chi connectivity index (χ3v) is 5.75. The molecule has 3 aromatic rings. The highest BCUT2D eigenvalue weighted by molar-refractivity contribution is 6.04. The van der Waals surface area contributed by atoms with Gasteiger partial charge in [-0.1, -0.05) is 47.6 Å². The molecule has 1 N–H and O–H groups in total. The summed E-state index contributed by atoms with van der Waals surface area (Å²) in [5, 5.41) is 12.2. The highest BCUT2D eigenvalue weighted by Gasteiger charge is 2.38. The number of rotatable bonds is 5. The summed E-state index contributed by atoms with van der Waals surface area (Å²) in [6.07, 6.45) is 11.3. The van der Waals surface area contributed by atoms with Gasteiger partial charge >= 0.3 is 0 Å². The number of hydrogen-bond donors (Lipinski definition) is 1. The summed E-state index contributed by atoms with van der Waals surface area (Å²) in [7, 11) is 1.60. The van der Waals surface area contributed by atoms with Gasteiger partial charge in [0.1, 0.15) is 18.5 Å². The monoisotopic (exact) mass is 370 g/mol. The standard InChI is InChI=1S/C23H22N4O/c1-28-27-21(16-7-8-16)22-19-9-12-23(15-20(19)25-26-22,17-5-3-2-4-6-17)18-10-13-24-14-11-18/h2-6,9-14,16H,7-8,15H2,1H3,(H,25,26). The third-order valence-electron chi connectivity index (χ3n) is 5.75. The minimum absolute atomic E-state index is 0.251. The summed E-state index contributed by atoms with van der Waals surface area (Å²) in [5.41, 5.74) is 6.37. The van der Waals surface area contributed by atoms with Gasteiger partial charge < -0.3 is 4.84 Å². The van der Waals surface area contributed by atoms with Crippen molar-refractivity contribution in [3.05, 3.63) is 89.0 Å². The number of allylic oxidation sites excluding steroid dienone is 1. The van der Waals surface area contributed by atoms with Gasteiger partial charge in [0.15, 0.2) is 0 Å². The quantitative estimate of drug-likeness (QED) is 0.543. The number of aromatic amines is 1. The molecule has 0 saturated heterocycles. The Balaban J connectivity index is 1.62. The van der Waals surface area contributed by atoms with Gasteiger partial charge in [0.2, 0.25) is 0 Å². The van der Waals surface area contributed by atoms with Crippen LogP contribution in [0.25, 0.3) is 6.08 Å². The van der Waals surface area contributed by atoms with Crippen LogP contribution in [0.4, 0.5) is 0 Å². The summed E-state index contributed by atoms with van der Waals surface area (Å²) in [4.78, 5) is 9.31. The first-order valence-electron chi connectivity index (χ1n) is 9.66. The highest BCUT2D eigenvalue weighted by atomic mass is 16.6. The van der Waals surface area contributed by atoms with Crippen molar-refractivity contribution in [3.8, 4) is 0 Å². The molecule has 1 atom stereocenters. The van der Waals surface area contributed by atoms with Crippen molar-refractivity contribution in [3.63, 3.8) is 0 Å². The normalized spacial score (nSPS) is 21.4. The fourth-order valence-electron chi connectivity index (χ4n) is 4.17. The van der Waals surface area contributed by atoms with E-state index >= 15 is 0 Å². The lowest BCUT2D eigenvalue weighted by atomic mass is 9.68. The van der Waals surface area contributed by atoms with Crippen LogP contribution in [0.2, 0.25) is 0 Å². The van der Waals surface area contributed by atoms with Crippen LogP contribution in [-0.2, 0) is 16.7 Å². The average molecular weight is 370 g/mol. The molecular formula is C23H22N4O. The molecule has 5 heteroatoms. The molecule has 2 aliphatic carbocycles. The van der Waals surface area contributed by atoms with Crippen molar-refractivity contribution in [2.45, 2.75) is 24.7 Å². The Morgan fingerprint density at radius 2 is 1.86 bits per heavy atom. The second kappa shape index (κ2) is 6.75. The van der Waals surface area contributed by atoms with Gasteiger partial charge in [0, 0.05) is 41.4 Å². The van der Waals surface area contributed by atoms with E-state index in [2.05, 4.69) is 75.0 Å². The number of nitrogens with zero attached hydrogens (tertiary/aromatic N) is 3. The molecule has 0 amide bonds. The first-order chi connectivity index (χ1) is 13.8. The summed E-state index contributed by atoms with van der Waals surface area (Å²) < 4.78 is 0. The van der Waals surface area contributed by atoms with Crippen molar-refractivity contribution in [1.82, 2.24) is 15.2 Å². The molecule has 0 spiro atoms. The van der Waals surface area contributed by atoms with Crippen molar-refractivity contribution in [1.29, 1.82) is 0 Å². The number of hydrogen-bond acceptors (Lipinski definition) is 4. The molecule has 0 radical (unpaired) electrons. The first kappa shape index (κ1) is 16.9. The predicted octanol–water partition coefficient (Wildman–Crippen LogP) is 4.12. The van der Waals surface area contributed by atoms with E-state index in [0.29, 0.717) is 5.92 Å². The second-order valence-electron chi connectivity index (χ2n) is 7.48. The SMILES string of the molecule is CON=C(c1n[nH]c2c1C=CC(c1ccccc1)(c1ccncc1)C2)C1CC1. The number of nitrogens with one attached hydrogen (secondary N) is 1. The Morgan fingerprint density at radius 3 is 2.57 bits per heavy atom. The third kappa shape index (κ3) is 2.74. The lowest BCUT2D eigenvalue weighted by Crippen LogP contribution is -2.30. The molecule has 1 aromatic carbocycles. The number of H-pyrrole nitrogens is 1. The Labute approximate surface area is 164 Å². The van der Waals surface area contributed by atoms with Gasteiger partial charge in [-0.05, 0) is 36.1 Å². The Kier molecular flexibility index (Phi) is 4.08. The van der Waals surface area contributed by atoms with Gasteiger partial charge in [-0.15, -0.1) is 0 Å². The van der Waals surface area contributed by atoms with Crippen LogP contribution < -0.4 is 0 Å². The molecule has 0 bridgehead atoms. The fraction of sp³-hybridized carbons (Fsp3) is 0.261. The lowest BCUT2D eigenvalue weighted by molar-refractivity contribution is 0.212. The topological polar surface area (TPSA) is 63.2 Å². The maximum absolute atomic E-state index is 5.10. The Hall–Kier alpha value is -3.21. The van der Waals surface area contributed by atoms with Crippen LogP contribution in [-0.4, -0.2) is 28.0 Å². The highest BCUT2D eigenvalue weighted by Crippen LogP contribution is 2.42. The number of benzene rings is 1. The maximum Gasteiger partial charge on any atom is 0.117 e. The Morgan fingerprint density at radius 1 is 1.11 bits per heavy atom. The van der Waals surface area contributed by atoms with E-state index < -0.39 is 0 Å². The first-order valence-corrected chi connectivity index (χ1v) is 9.66. The summed E-state index contributed by atoms with van der Waals surface area (Å²) in [6.45, 7) is 0. The van der Waals surface area contributed by atoms with Gasteiger partial charge in [0.05, 0.1) is 0 Å². The predicted molar refractivity (Wildman–Crippen MR) is 109 cm³/mol. The van der Waals surface area contributed by atoms with Gasteiger partial charge in [-0.25, -0.2) is 0 Å². The molecule has 140 valence electrons. The van der Waals surface area contributed by atoms with Crippen LogP contribution >= 0.6 is 0 Å². The largest absolute Gasteiger partial charge is 0.399 e. The van der Waals surface area contributed by atoms with Gasteiger partial charge in [0.25, 0.3) is 0 Å². The number of aromatic nitrogens is 3. The van der Waals surface area contributed by atoms with Crippen molar-refractivity contribution >= 4 is 11.8 Å². The molecule has 2 aliphatic rings. The Bertz CT molecular complexity index is 993. The molecule has 2 heterocycles. The van der Waals surface area contributed by atoms with E-state index in [1.807, 2.05) is 12.4 Å². The summed E-state index contributed by atoms with van der Waals surface area (Å²) in [5.74, 6) is 0.460. The van der Waals surface area contributed by atoms with Crippen LogP contribution in [0.3, 0.4) is 0 Å². The second-order valence-corrected chi connectivity index (χ2v) is 7.48. The number of pyridine rings is 1. The van der Waals surface area contributed by atoms with Crippen LogP contribution in [0, 0.1) is 5.92 Å². The van der Waals surface area contributed by atoms with Crippen LogP contribution in [0.1, 0.15) is 40.9 Å². The number of oxime groups is 1. The molecule has 28 heavy (non-hydrogen) atoms. The summed E-state index contributed by atoms with van der Waals surface area (Å²) in [6, 6.07) is 14.8. The molecule has 1 fully saturated rings. The smallest absolute Gasteiger partial charge is 0.117 e. The fourth-order valence-corrected chi connectivity index (χ4v) is 4.17. The van der Waals surface area contributed by atoms with Crippen molar-refractivity contribution in [2.24, 2.45) is 11.1 Å². The molecule has 0 aliphatic heterocycles. The van der Waals surface area contributed by atoms with E-state index in [9.17, 15) is 0 Å². The number of fused-ring (bicyclic) bond motifs is 1. The maximum atomic E-state index is 5.10. The van der Waals surface area contributed by atoms with E-state index in [1.165, 1.54) is 11.1 Å². The minimum atomic E-state index is -0.251. The molecule has 5 rings (SSSR count). The lowest BCUT2D eigenvalue weighted by Gasteiger charge is -2.34. The average Bonchev–Trinajstić information content (AvgIpc) is 3.52. The van der Waals surface area contributed by atoms with Gasteiger partial charge in [-0.3, -0.25) is 10.1 Å². The zero-order valence-corrected chi connectivity index (χ0v) is 15.8. The van der Waals surface area contributed by atoms with Crippen molar-refractivity contribution < 1.29 is 4.84 Å². The van der Waals surface area contributed by atoms with E-state index in [4.69, 9.17) is 4.84 Å². The molecular weight excluding hydrogens is 348 g/mol. The zero-order valence-electron chi connectivity index (χ0n) is 15.8. The van der Waals surface area contributed by atoms with Crippen molar-refractivity contribution in [2.75, 3.05) is 7.11 Å². The molecule has 1 saturated carbocycles. The van der Waals surface area contributed by atoms with E-state index in [1.54, 1.807) is 7.11 Å². The van der Waals surface area contributed by atoms with Crippen LogP contribution in [0.5, 0.6) is 0 Å². The zero-order chi connectivity index (χ0) is 19.0. The van der Waals surface area contributed by atoms with E-state index in [0.717, 1.165) is 41.9 Å². The molecule has 5 nitrogen and oxygen atoms in total. The summed E-state index contributed by atoms with van der Waals surface area (Å²) >= 11 is 0. The molecule has 2 aromatic heterocycles. The molecule has 1 unspecified atom stereocenters. The van der Waals surface area contributed by atoms with E-state index in [-0.39, 0.29) is 5.41 Å².